The maximum atomic E-state index is 5.29. The number of hydrogen-bond acceptors (Lipinski definition) is 3. The second-order valence-corrected chi connectivity index (χ2v) is 4.31. The molecule has 3 nitrogen and oxygen atoms in total. The van der Waals surface area contributed by atoms with Crippen LogP contribution in [0, 0.1) is 4.64 Å². The van der Waals surface area contributed by atoms with Crippen LogP contribution in [0.5, 0.6) is 0 Å². The molecule has 0 unspecified atom stereocenters. The Bertz CT molecular complexity index is 395. The summed E-state index contributed by atoms with van der Waals surface area (Å²) in [7, 11) is 3.95. The van der Waals surface area contributed by atoms with Gasteiger partial charge in [-0.25, -0.2) is 4.98 Å². The number of aromatic amines is 1. The first-order chi connectivity index (χ1) is 6.68. The van der Waals surface area contributed by atoms with Gasteiger partial charge in [0.2, 0.25) is 5.95 Å². The Labute approximate surface area is 89.2 Å². The first-order valence-electron chi connectivity index (χ1n) is 4.98. The van der Waals surface area contributed by atoms with Crippen LogP contribution >= 0.6 is 12.2 Å². The molecular weight excluding hydrogens is 194 g/mol. The van der Waals surface area contributed by atoms with Crippen molar-refractivity contribution in [3.63, 3.8) is 0 Å². The summed E-state index contributed by atoms with van der Waals surface area (Å²) >= 11 is 5.29. The van der Waals surface area contributed by atoms with Gasteiger partial charge >= 0.3 is 0 Å². The zero-order valence-corrected chi connectivity index (χ0v) is 9.45. The second kappa shape index (κ2) is 3.69. The summed E-state index contributed by atoms with van der Waals surface area (Å²) in [4.78, 5) is 9.69. The molecule has 4 heteroatoms. The van der Waals surface area contributed by atoms with E-state index in [0.717, 1.165) is 23.4 Å². The normalized spacial score (nSPS) is 15.0. The summed E-state index contributed by atoms with van der Waals surface area (Å²) in [6.45, 7) is 0. The van der Waals surface area contributed by atoms with Crippen LogP contribution in [-0.4, -0.2) is 24.1 Å². The molecule has 1 aromatic heterocycles. The van der Waals surface area contributed by atoms with Crippen molar-refractivity contribution in [2.24, 2.45) is 0 Å². The van der Waals surface area contributed by atoms with Crippen molar-refractivity contribution in [1.29, 1.82) is 0 Å². The van der Waals surface area contributed by atoms with Gasteiger partial charge in [0, 0.05) is 25.4 Å². The van der Waals surface area contributed by atoms with Crippen LogP contribution in [0.3, 0.4) is 0 Å². The van der Waals surface area contributed by atoms with Crippen molar-refractivity contribution in [2.45, 2.75) is 25.7 Å². The molecule has 1 N–H and O–H groups in total. The van der Waals surface area contributed by atoms with Crippen LogP contribution in [0.2, 0.25) is 0 Å². The molecule has 1 aliphatic carbocycles. The summed E-state index contributed by atoms with van der Waals surface area (Å²) in [5.41, 5.74) is 2.55. The van der Waals surface area contributed by atoms with Crippen molar-refractivity contribution < 1.29 is 0 Å². The highest BCUT2D eigenvalue weighted by atomic mass is 32.1. The molecule has 14 heavy (non-hydrogen) atoms. The molecule has 0 bridgehead atoms. The van der Waals surface area contributed by atoms with E-state index in [0.29, 0.717) is 0 Å². The predicted octanol–water partition coefficient (Wildman–Crippen LogP) is 2.08. The molecule has 0 aliphatic heterocycles. The third kappa shape index (κ3) is 1.66. The van der Waals surface area contributed by atoms with E-state index in [2.05, 4.69) is 9.97 Å². The molecule has 0 saturated heterocycles. The topological polar surface area (TPSA) is 31.9 Å². The number of fused-ring (bicyclic) bond motifs is 1. The van der Waals surface area contributed by atoms with E-state index in [-0.39, 0.29) is 0 Å². The van der Waals surface area contributed by atoms with E-state index in [1.165, 1.54) is 24.1 Å². The maximum absolute atomic E-state index is 5.29. The predicted molar refractivity (Wildman–Crippen MR) is 60.4 cm³/mol. The first kappa shape index (κ1) is 9.65. The Kier molecular flexibility index (Phi) is 2.54. The van der Waals surface area contributed by atoms with E-state index in [1.807, 2.05) is 19.0 Å². The molecule has 0 saturated carbocycles. The molecule has 1 aliphatic rings. The van der Waals surface area contributed by atoms with Crippen LogP contribution in [-0.2, 0) is 12.8 Å². The third-order valence-electron chi connectivity index (χ3n) is 2.62. The molecule has 1 heterocycles. The van der Waals surface area contributed by atoms with E-state index in [1.54, 1.807) is 0 Å². The van der Waals surface area contributed by atoms with Crippen molar-refractivity contribution >= 4 is 18.2 Å². The maximum Gasteiger partial charge on any atom is 0.203 e. The van der Waals surface area contributed by atoms with Gasteiger partial charge in [0.15, 0.2) is 0 Å². The van der Waals surface area contributed by atoms with Gasteiger partial charge in [0.1, 0.15) is 4.64 Å². The summed E-state index contributed by atoms with van der Waals surface area (Å²) < 4.78 is 0.780. The lowest BCUT2D eigenvalue weighted by Crippen LogP contribution is -2.16. The fourth-order valence-electron chi connectivity index (χ4n) is 1.82. The zero-order chi connectivity index (χ0) is 10.1. The summed E-state index contributed by atoms with van der Waals surface area (Å²) in [5.74, 6) is 0.871. The van der Waals surface area contributed by atoms with Crippen molar-refractivity contribution in [2.75, 3.05) is 19.0 Å². The van der Waals surface area contributed by atoms with Crippen LogP contribution < -0.4 is 4.90 Å². The summed E-state index contributed by atoms with van der Waals surface area (Å²) in [6.07, 6.45) is 4.70. The van der Waals surface area contributed by atoms with Crippen molar-refractivity contribution in [1.82, 2.24) is 9.97 Å². The zero-order valence-electron chi connectivity index (χ0n) is 8.63. The largest absolute Gasteiger partial charge is 0.349 e. The fraction of sp³-hybridized carbons (Fsp3) is 0.600. The molecule has 0 amide bonds. The van der Waals surface area contributed by atoms with Crippen molar-refractivity contribution in [3.8, 4) is 0 Å². The van der Waals surface area contributed by atoms with Crippen molar-refractivity contribution in [3.05, 3.63) is 15.9 Å². The van der Waals surface area contributed by atoms with Crippen LogP contribution in [0.4, 0.5) is 5.95 Å². The fourth-order valence-corrected chi connectivity index (χ4v) is 2.13. The molecule has 76 valence electrons. The quantitative estimate of drug-likeness (QED) is 0.719. The highest BCUT2D eigenvalue weighted by Gasteiger charge is 2.13. The van der Waals surface area contributed by atoms with E-state index in [9.17, 15) is 0 Å². The van der Waals surface area contributed by atoms with Crippen LogP contribution in [0.15, 0.2) is 0 Å². The SMILES string of the molecule is CN(C)c1nc(=S)c2c([nH]1)CCCC2. The molecule has 0 aromatic carbocycles. The number of nitrogens with zero attached hydrogens (tertiary/aromatic N) is 2. The first-order valence-corrected chi connectivity index (χ1v) is 5.38. The van der Waals surface area contributed by atoms with Gasteiger partial charge in [-0.05, 0) is 25.7 Å². The lowest BCUT2D eigenvalue weighted by atomic mass is 9.98. The smallest absolute Gasteiger partial charge is 0.203 e. The molecule has 1 aromatic rings. The van der Waals surface area contributed by atoms with Gasteiger partial charge in [0.25, 0.3) is 0 Å². The van der Waals surface area contributed by atoms with Gasteiger partial charge in [-0.2, -0.15) is 0 Å². The number of H-pyrrole nitrogens is 1. The average molecular weight is 209 g/mol. The number of aromatic nitrogens is 2. The number of hydrogen-bond donors (Lipinski definition) is 1. The summed E-state index contributed by atoms with van der Waals surface area (Å²) in [5, 5.41) is 0. The van der Waals surface area contributed by atoms with E-state index < -0.39 is 0 Å². The highest BCUT2D eigenvalue weighted by Crippen LogP contribution is 2.21. The average Bonchev–Trinajstić information content (AvgIpc) is 2.17. The number of aryl methyl sites for hydroxylation is 1. The van der Waals surface area contributed by atoms with Gasteiger partial charge in [-0.1, -0.05) is 12.2 Å². The van der Waals surface area contributed by atoms with Gasteiger partial charge in [-0.15, -0.1) is 0 Å². The minimum absolute atomic E-state index is 0.780. The number of anilines is 1. The third-order valence-corrected chi connectivity index (χ3v) is 2.96. The number of nitrogens with one attached hydrogen (secondary N) is 1. The monoisotopic (exact) mass is 209 g/mol. The van der Waals surface area contributed by atoms with E-state index >= 15 is 0 Å². The Morgan fingerprint density at radius 2 is 2.00 bits per heavy atom. The molecule has 2 rings (SSSR count). The Morgan fingerprint density at radius 1 is 1.29 bits per heavy atom. The molecule has 0 fully saturated rings. The van der Waals surface area contributed by atoms with Gasteiger partial charge in [0.05, 0.1) is 0 Å². The standard InChI is InChI=1S/C10H15N3S/c1-13(2)10-11-8-6-4-3-5-7(8)9(14)12-10/h3-6H2,1-2H3,(H,11,12,14). The lowest BCUT2D eigenvalue weighted by molar-refractivity contribution is 0.659. The molecule has 0 atom stereocenters. The van der Waals surface area contributed by atoms with Crippen LogP contribution in [0.1, 0.15) is 24.1 Å². The molecular formula is C10H15N3S. The van der Waals surface area contributed by atoms with Gasteiger partial charge in [-0.3, -0.25) is 0 Å². The lowest BCUT2D eigenvalue weighted by Gasteiger charge is -2.19. The Morgan fingerprint density at radius 3 is 2.71 bits per heavy atom. The number of rotatable bonds is 1. The summed E-state index contributed by atoms with van der Waals surface area (Å²) in [6, 6.07) is 0. The van der Waals surface area contributed by atoms with Gasteiger partial charge < -0.3 is 9.88 Å². The Hall–Kier alpha value is -0.900. The van der Waals surface area contributed by atoms with Crippen LogP contribution in [0.25, 0.3) is 0 Å². The second-order valence-electron chi connectivity index (χ2n) is 3.92. The Balaban J connectivity index is 2.52. The minimum atomic E-state index is 0.780. The molecule has 0 radical (unpaired) electrons. The molecule has 0 spiro atoms. The van der Waals surface area contributed by atoms with E-state index in [4.69, 9.17) is 12.2 Å². The highest BCUT2D eigenvalue weighted by molar-refractivity contribution is 7.71. The minimum Gasteiger partial charge on any atom is -0.349 e.